The number of aromatic nitrogens is 4. The number of aliphatic hydroxyl groups is 1. The minimum absolute atomic E-state index is 0.0672. The summed E-state index contributed by atoms with van der Waals surface area (Å²) in [6.45, 7) is 3.98. The van der Waals surface area contributed by atoms with Gasteiger partial charge in [-0.2, -0.15) is 0 Å². The molecule has 1 fully saturated rings. The molecule has 8 heteroatoms. The first kappa shape index (κ1) is 16.6. The molecule has 0 spiro atoms. The lowest BCUT2D eigenvalue weighted by Gasteiger charge is -2.39. The van der Waals surface area contributed by atoms with Crippen LogP contribution in [0, 0.1) is 0 Å². The Labute approximate surface area is 141 Å². The molecule has 3 rings (SSSR count). The number of carbonyl (C=O) groups is 1. The van der Waals surface area contributed by atoms with Gasteiger partial charge >= 0.3 is 0 Å². The Kier molecular flexibility index (Phi) is 4.40. The first-order valence-electron chi connectivity index (χ1n) is 8.27. The van der Waals surface area contributed by atoms with Gasteiger partial charge in [0.25, 0.3) is 0 Å². The van der Waals surface area contributed by atoms with Gasteiger partial charge in [-0.05, 0) is 19.8 Å². The molecule has 130 valence electrons. The van der Waals surface area contributed by atoms with Gasteiger partial charge in [-0.15, -0.1) is 0 Å². The molecule has 1 atom stereocenters. The molecule has 0 aromatic carbocycles. The summed E-state index contributed by atoms with van der Waals surface area (Å²) in [5, 5.41) is 10.9. The van der Waals surface area contributed by atoms with Crippen molar-refractivity contribution in [2.75, 3.05) is 32.1 Å². The van der Waals surface area contributed by atoms with Gasteiger partial charge in [0, 0.05) is 33.7 Å². The molecular weight excluding hydrogens is 308 g/mol. The van der Waals surface area contributed by atoms with Crippen LogP contribution in [0.3, 0.4) is 0 Å². The van der Waals surface area contributed by atoms with Gasteiger partial charge in [0.15, 0.2) is 17.0 Å². The summed E-state index contributed by atoms with van der Waals surface area (Å²) in [6, 6.07) is 0. The number of nitrogens with zero attached hydrogens (tertiary/aromatic N) is 6. The molecule has 1 amide bonds. The van der Waals surface area contributed by atoms with Gasteiger partial charge in [-0.3, -0.25) is 4.79 Å². The second-order valence-electron chi connectivity index (χ2n) is 6.61. The molecule has 0 aliphatic carbocycles. The number of fused-ring (bicyclic) bond motifs is 1. The van der Waals surface area contributed by atoms with Crippen molar-refractivity contribution in [2.45, 2.75) is 38.3 Å². The predicted molar refractivity (Wildman–Crippen MR) is 90.7 cm³/mol. The monoisotopic (exact) mass is 332 g/mol. The van der Waals surface area contributed by atoms with Crippen molar-refractivity contribution in [3.63, 3.8) is 0 Å². The summed E-state index contributed by atoms with van der Waals surface area (Å²) in [5.74, 6) is 0.657. The van der Waals surface area contributed by atoms with Crippen LogP contribution in [-0.4, -0.2) is 68.2 Å². The highest BCUT2D eigenvalue weighted by molar-refractivity contribution is 5.83. The van der Waals surface area contributed by atoms with E-state index in [0.717, 1.165) is 36.5 Å². The number of anilines is 1. The van der Waals surface area contributed by atoms with E-state index in [1.165, 1.54) is 11.2 Å². The molecule has 8 nitrogen and oxygen atoms in total. The van der Waals surface area contributed by atoms with Crippen molar-refractivity contribution in [1.29, 1.82) is 0 Å². The van der Waals surface area contributed by atoms with Crippen molar-refractivity contribution >= 4 is 22.9 Å². The first-order chi connectivity index (χ1) is 11.4. The first-order valence-corrected chi connectivity index (χ1v) is 8.27. The highest BCUT2D eigenvalue weighted by Gasteiger charge is 2.37. The van der Waals surface area contributed by atoms with Crippen LogP contribution in [0.5, 0.6) is 0 Å². The van der Waals surface area contributed by atoms with Crippen LogP contribution in [-0.2, 0) is 11.3 Å². The van der Waals surface area contributed by atoms with E-state index in [9.17, 15) is 9.90 Å². The zero-order valence-corrected chi connectivity index (χ0v) is 14.4. The summed E-state index contributed by atoms with van der Waals surface area (Å²) >= 11 is 0. The molecule has 0 bridgehead atoms. The molecule has 0 saturated carbocycles. The zero-order chi connectivity index (χ0) is 17.3. The Balaban J connectivity index is 1.87. The van der Waals surface area contributed by atoms with Crippen LogP contribution in [0.4, 0.5) is 5.82 Å². The smallest absolute Gasteiger partial charge is 0.225 e. The molecule has 2 aromatic heterocycles. The Morgan fingerprint density at radius 2 is 2.17 bits per heavy atom. The average Bonchev–Trinajstić information content (AvgIpc) is 2.97. The van der Waals surface area contributed by atoms with Gasteiger partial charge in [0.05, 0.1) is 18.3 Å². The molecule has 1 saturated heterocycles. The van der Waals surface area contributed by atoms with E-state index >= 15 is 0 Å². The molecule has 24 heavy (non-hydrogen) atoms. The third kappa shape index (κ3) is 3.06. The van der Waals surface area contributed by atoms with Crippen LogP contribution in [0.25, 0.3) is 11.2 Å². The van der Waals surface area contributed by atoms with E-state index in [4.69, 9.17) is 0 Å². The summed E-state index contributed by atoms with van der Waals surface area (Å²) in [5.41, 5.74) is 0.494. The average molecular weight is 332 g/mol. The summed E-state index contributed by atoms with van der Waals surface area (Å²) in [4.78, 5) is 28.7. The predicted octanol–water partition coefficient (Wildman–Crippen LogP) is 0.656. The molecule has 0 radical (unpaired) electrons. The highest BCUT2D eigenvalue weighted by Crippen LogP contribution is 2.30. The van der Waals surface area contributed by atoms with Crippen LogP contribution >= 0.6 is 0 Å². The second-order valence-corrected chi connectivity index (χ2v) is 6.61. The maximum atomic E-state index is 12.0. The number of carbonyl (C=O) groups excluding carboxylic acids is 1. The van der Waals surface area contributed by atoms with Crippen LogP contribution < -0.4 is 4.90 Å². The lowest BCUT2D eigenvalue weighted by Crippen LogP contribution is -2.50. The molecule has 1 unspecified atom stereocenters. The SMILES string of the molecule is CCn1cnc2c(N3CCCC(O)(CC(=O)N(C)C)C3)ncnc21. The lowest BCUT2D eigenvalue weighted by molar-refractivity contribution is -0.134. The normalized spacial score (nSPS) is 21.2. The fraction of sp³-hybridized carbons (Fsp3) is 0.625. The number of amides is 1. The Bertz CT molecular complexity index is 743. The van der Waals surface area contributed by atoms with Gasteiger partial charge in [-0.25, -0.2) is 15.0 Å². The van der Waals surface area contributed by atoms with E-state index in [1.807, 2.05) is 16.4 Å². The van der Waals surface area contributed by atoms with Crippen molar-refractivity contribution in [3.8, 4) is 0 Å². The third-order valence-electron chi connectivity index (χ3n) is 4.56. The number of hydrogen-bond acceptors (Lipinski definition) is 6. The second kappa shape index (κ2) is 6.35. The standard InChI is InChI=1S/C16H24N6O2/c1-4-21-11-19-13-14(21)17-10-18-15(13)22-7-5-6-16(24,9-22)8-12(23)20(2)3/h10-11,24H,4-9H2,1-3H3. The van der Waals surface area contributed by atoms with Crippen molar-refractivity contribution in [3.05, 3.63) is 12.7 Å². The summed E-state index contributed by atoms with van der Waals surface area (Å²) in [7, 11) is 3.41. The topological polar surface area (TPSA) is 87.4 Å². The number of aryl methyl sites for hydroxylation is 1. The van der Waals surface area contributed by atoms with E-state index in [-0.39, 0.29) is 12.3 Å². The van der Waals surface area contributed by atoms with Gasteiger partial charge in [0.1, 0.15) is 6.33 Å². The maximum absolute atomic E-state index is 12.0. The van der Waals surface area contributed by atoms with E-state index in [1.54, 1.807) is 20.4 Å². The number of β-amino-alcohol motifs (C(OH)–C–C–N with tert-alkyl or cyclic N) is 1. The number of imidazole rings is 1. The number of hydrogen-bond donors (Lipinski definition) is 1. The van der Waals surface area contributed by atoms with Crippen LogP contribution in [0.15, 0.2) is 12.7 Å². The molecule has 1 aliphatic heterocycles. The Hall–Kier alpha value is -2.22. The van der Waals surface area contributed by atoms with Crippen molar-refractivity contribution in [2.24, 2.45) is 0 Å². The molecule has 3 heterocycles. The van der Waals surface area contributed by atoms with Gasteiger partial charge in [0.2, 0.25) is 5.91 Å². The number of piperidine rings is 1. The highest BCUT2D eigenvalue weighted by atomic mass is 16.3. The van der Waals surface area contributed by atoms with E-state index in [0.29, 0.717) is 13.0 Å². The quantitative estimate of drug-likeness (QED) is 0.885. The molecule has 1 aliphatic rings. The minimum Gasteiger partial charge on any atom is -0.388 e. The van der Waals surface area contributed by atoms with E-state index in [2.05, 4.69) is 15.0 Å². The number of rotatable bonds is 4. The van der Waals surface area contributed by atoms with Crippen molar-refractivity contribution in [1.82, 2.24) is 24.4 Å². The summed E-state index contributed by atoms with van der Waals surface area (Å²) in [6.07, 6.45) is 4.82. The lowest BCUT2D eigenvalue weighted by atomic mass is 9.89. The minimum atomic E-state index is -1.04. The van der Waals surface area contributed by atoms with Gasteiger partial charge < -0.3 is 19.5 Å². The zero-order valence-electron chi connectivity index (χ0n) is 14.4. The summed E-state index contributed by atoms with van der Waals surface area (Å²) < 4.78 is 1.96. The van der Waals surface area contributed by atoms with Crippen LogP contribution in [0.1, 0.15) is 26.2 Å². The Morgan fingerprint density at radius 1 is 1.38 bits per heavy atom. The fourth-order valence-electron chi connectivity index (χ4n) is 3.21. The molecule has 1 N–H and O–H groups in total. The Morgan fingerprint density at radius 3 is 2.88 bits per heavy atom. The fourth-order valence-corrected chi connectivity index (χ4v) is 3.21. The third-order valence-corrected chi connectivity index (χ3v) is 4.56. The maximum Gasteiger partial charge on any atom is 0.225 e. The van der Waals surface area contributed by atoms with E-state index < -0.39 is 5.60 Å². The van der Waals surface area contributed by atoms with Crippen LogP contribution in [0.2, 0.25) is 0 Å². The van der Waals surface area contributed by atoms with Crippen molar-refractivity contribution < 1.29 is 9.90 Å². The largest absolute Gasteiger partial charge is 0.388 e. The molecule has 2 aromatic rings. The molecular formula is C16H24N6O2. The van der Waals surface area contributed by atoms with Gasteiger partial charge in [-0.1, -0.05) is 0 Å².